The summed E-state index contributed by atoms with van der Waals surface area (Å²) in [4.78, 5) is 6.89. The molecule has 1 saturated carbocycles. The van der Waals surface area contributed by atoms with Crippen molar-refractivity contribution in [2.75, 3.05) is 0 Å². The third-order valence-electron chi connectivity index (χ3n) is 5.90. The van der Waals surface area contributed by atoms with Crippen LogP contribution in [0.25, 0.3) is 11.3 Å². The molecule has 2 aromatic heterocycles. The van der Waals surface area contributed by atoms with Gasteiger partial charge in [-0.25, -0.2) is 4.39 Å². The molecule has 1 aliphatic heterocycles. The molecular weight excluding hydrogens is 385 g/mol. The maximum absolute atomic E-state index is 13.3. The summed E-state index contributed by atoms with van der Waals surface area (Å²) in [5.41, 5.74) is 1.80. The van der Waals surface area contributed by atoms with Crippen LogP contribution in [0.2, 0.25) is 0 Å². The minimum Gasteiger partial charge on any atom is -0.459 e. The number of halogens is 1. The maximum Gasteiger partial charge on any atom is 0.170 e. The van der Waals surface area contributed by atoms with Gasteiger partial charge in [0.1, 0.15) is 23.4 Å². The summed E-state index contributed by atoms with van der Waals surface area (Å²) in [6.45, 7) is 0. The lowest BCUT2D eigenvalue weighted by Gasteiger charge is -2.31. The highest BCUT2D eigenvalue weighted by Gasteiger charge is 2.45. The van der Waals surface area contributed by atoms with E-state index < -0.39 is 0 Å². The Morgan fingerprint density at radius 2 is 1.83 bits per heavy atom. The molecule has 3 aromatic rings. The van der Waals surface area contributed by atoms with Crippen molar-refractivity contribution in [3.63, 3.8) is 0 Å². The van der Waals surface area contributed by atoms with E-state index in [-0.39, 0.29) is 17.9 Å². The number of pyridine rings is 1. The molecule has 0 bridgehead atoms. The quantitative estimate of drug-likeness (QED) is 0.587. The van der Waals surface area contributed by atoms with Gasteiger partial charge in [-0.15, -0.1) is 0 Å². The van der Waals surface area contributed by atoms with Gasteiger partial charge in [0.25, 0.3) is 0 Å². The maximum atomic E-state index is 13.3. The lowest BCUT2D eigenvalue weighted by molar-refractivity contribution is 0.218. The molecule has 0 spiro atoms. The fourth-order valence-corrected chi connectivity index (χ4v) is 4.92. The van der Waals surface area contributed by atoms with Gasteiger partial charge in [-0.05, 0) is 73.6 Å². The standard InChI is InChI=1S/C23H22FN3OS/c24-16-10-8-15(9-11-16)19-12-13-20(28-19)22-21(18-7-3-4-14-25-18)26-23(29)27(22)17-5-1-2-6-17/h3-4,7-14,17,21-22H,1-2,5-6H2,(H,26,29)/t21-,22-/m0/s1. The monoisotopic (exact) mass is 407 g/mol. The zero-order valence-corrected chi connectivity index (χ0v) is 16.7. The summed E-state index contributed by atoms with van der Waals surface area (Å²) in [7, 11) is 0. The number of thiocarbonyl (C=S) groups is 1. The molecule has 148 valence electrons. The van der Waals surface area contributed by atoms with Crippen LogP contribution in [-0.2, 0) is 0 Å². The van der Waals surface area contributed by atoms with Crippen molar-refractivity contribution in [1.82, 2.24) is 15.2 Å². The molecule has 1 saturated heterocycles. The number of aromatic nitrogens is 1. The van der Waals surface area contributed by atoms with Crippen LogP contribution in [0.15, 0.2) is 65.2 Å². The Kier molecular flexibility index (Phi) is 4.79. The minimum atomic E-state index is -0.256. The molecule has 6 heteroatoms. The van der Waals surface area contributed by atoms with E-state index in [0.717, 1.165) is 40.7 Å². The number of furan rings is 1. The van der Waals surface area contributed by atoms with Gasteiger partial charge < -0.3 is 14.6 Å². The van der Waals surface area contributed by atoms with Crippen LogP contribution >= 0.6 is 12.2 Å². The molecule has 0 unspecified atom stereocenters. The lowest BCUT2D eigenvalue weighted by Crippen LogP contribution is -2.37. The molecule has 2 aliphatic rings. The van der Waals surface area contributed by atoms with E-state index in [9.17, 15) is 4.39 Å². The van der Waals surface area contributed by atoms with Crippen LogP contribution in [-0.4, -0.2) is 21.0 Å². The first-order valence-electron chi connectivity index (χ1n) is 10.1. The number of nitrogens with zero attached hydrogens (tertiary/aromatic N) is 2. The second-order valence-corrected chi connectivity index (χ2v) is 8.07. The Morgan fingerprint density at radius 1 is 1.03 bits per heavy atom. The van der Waals surface area contributed by atoms with Crippen molar-refractivity contribution in [2.45, 2.75) is 43.8 Å². The Hall–Kier alpha value is -2.73. The molecule has 1 aromatic carbocycles. The van der Waals surface area contributed by atoms with Crippen molar-refractivity contribution < 1.29 is 8.81 Å². The molecule has 29 heavy (non-hydrogen) atoms. The largest absolute Gasteiger partial charge is 0.459 e. The SMILES string of the molecule is Fc1ccc(-c2ccc([C@H]3[C@H](c4ccccn4)NC(=S)N3C3CCCC3)o2)cc1. The summed E-state index contributed by atoms with van der Waals surface area (Å²) in [5.74, 6) is 1.32. The second kappa shape index (κ2) is 7.59. The highest BCUT2D eigenvalue weighted by atomic mass is 32.1. The van der Waals surface area contributed by atoms with E-state index in [1.807, 2.05) is 30.3 Å². The first-order valence-corrected chi connectivity index (χ1v) is 10.5. The fraction of sp³-hybridized carbons (Fsp3) is 0.304. The van der Waals surface area contributed by atoms with Crippen molar-refractivity contribution in [3.8, 4) is 11.3 Å². The molecule has 1 N–H and O–H groups in total. The van der Waals surface area contributed by atoms with Gasteiger partial charge in [-0.3, -0.25) is 4.98 Å². The highest BCUT2D eigenvalue weighted by molar-refractivity contribution is 7.80. The molecule has 4 nitrogen and oxygen atoms in total. The van der Waals surface area contributed by atoms with Gasteiger partial charge in [-0.1, -0.05) is 18.9 Å². The number of hydrogen-bond acceptors (Lipinski definition) is 3. The van der Waals surface area contributed by atoms with Crippen LogP contribution in [0.1, 0.15) is 49.2 Å². The molecule has 0 amide bonds. The van der Waals surface area contributed by atoms with Crippen molar-refractivity contribution in [3.05, 3.63) is 78.1 Å². The van der Waals surface area contributed by atoms with Gasteiger partial charge in [0.05, 0.1) is 11.7 Å². The fourth-order valence-electron chi connectivity index (χ4n) is 4.53. The minimum absolute atomic E-state index is 0.0605. The number of hydrogen-bond donors (Lipinski definition) is 1. The molecule has 0 radical (unpaired) electrons. The predicted molar refractivity (Wildman–Crippen MR) is 114 cm³/mol. The Bertz CT molecular complexity index is 998. The summed E-state index contributed by atoms with van der Waals surface area (Å²) in [6, 6.07) is 16.5. The van der Waals surface area contributed by atoms with Crippen molar-refractivity contribution in [1.29, 1.82) is 0 Å². The first-order chi connectivity index (χ1) is 14.2. The van der Waals surface area contributed by atoms with Gasteiger partial charge in [0, 0.05) is 17.8 Å². The van der Waals surface area contributed by atoms with Crippen LogP contribution in [0.3, 0.4) is 0 Å². The van der Waals surface area contributed by atoms with E-state index >= 15 is 0 Å². The van der Waals surface area contributed by atoms with E-state index in [4.69, 9.17) is 16.6 Å². The molecule has 1 aliphatic carbocycles. The number of nitrogens with one attached hydrogen (secondary N) is 1. The number of benzene rings is 1. The highest BCUT2D eigenvalue weighted by Crippen LogP contribution is 2.44. The molecule has 5 rings (SSSR count). The van der Waals surface area contributed by atoms with E-state index in [1.54, 1.807) is 18.3 Å². The van der Waals surface area contributed by atoms with Gasteiger partial charge in [0.15, 0.2) is 5.11 Å². The second-order valence-electron chi connectivity index (χ2n) is 7.68. The average Bonchev–Trinajstić information content (AvgIpc) is 3.48. The Morgan fingerprint density at radius 3 is 2.55 bits per heavy atom. The molecular formula is C23H22FN3OS. The molecule has 2 fully saturated rings. The Labute approximate surface area is 174 Å². The van der Waals surface area contributed by atoms with Gasteiger partial charge >= 0.3 is 0 Å². The molecule has 2 atom stereocenters. The number of rotatable bonds is 4. The predicted octanol–water partition coefficient (Wildman–Crippen LogP) is 5.40. The van der Waals surface area contributed by atoms with Crippen LogP contribution in [0, 0.1) is 5.82 Å². The van der Waals surface area contributed by atoms with Crippen LogP contribution < -0.4 is 5.32 Å². The Balaban J connectivity index is 1.54. The smallest absolute Gasteiger partial charge is 0.170 e. The van der Waals surface area contributed by atoms with Crippen molar-refractivity contribution >= 4 is 17.3 Å². The summed E-state index contributed by atoms with van der Waals surface area (Å²) in [5, 5.41) is 4.25. The molecule has 3 heterocycles. The third-order valence-corrected chi connectivity index (χ3v) is 6.23. The summed E-state index contributed by atoms with van der Waals surface area (Å²) >= 11 is 5.75. The normalized spacial score (nSPS) is 22.2. The summed E-state index contributed by atoms with van der Waals surface area (Å²) in [6.07, 6.45) is 6.53. The average molecular weight is 408 g/mol. The van der Waals surface area contributed by atoms with Crippen molar-refractivity contribution in [2.24, 2.45) is 0 Å². The zero-order valence-electron chi connectivity index (χ0n) is 15.9. The third kappa shape index (κ3) is 3.42. The topological polar surface area (TPSA) is 41.3 Å². The summed E-state index contributed by atoms with van der Waals surface area (Å²) < 4.78 is 19.6. The van der Waals surface area contributed by atoms with Crippen LogP contribution in [0.4, 0.5) is 4.39 Å². The zero-order chi connectivity index (χ0) is 19.8. The van der Waals surface area contributed by atoms with Gasteiger partial charge in [-0.2, -0.15) is 0 Å². The van der Waals surface area contributed by atoms with E-state index in [1.165, 1.54) is 25.0 Å². The van der Waals surface area contributed by atoms with E-state index in [0.29, 0.717) is 6.04 Å². The van der Waals surface area contributed by atoms with Gasteiger partial charge in [0.2, 0.25) is 0 Å². The van der Waals surface area contributed by atoms with E-state index in [2.05, 4.69) is 15.2 Å². The van der Waals surface area contributed by atoms with Crippen LogP contribution in [0.5, 0.6) is 0 Å². The first kappa shape index (κ1) is 18.3. The lowest BCUT2D eigenvalue weighted by atomic mass is 10.0.